The van der Waals surface area contributed by atoms with E-state index < -0.39 is 50.5 Å². The minimum absolute atomic E-state index is 0.0992. The van der Waals surface area contributed by atoms with Gasteiger partial charge in [0.05, 0.1) is 23.1 Å². The Kier molecular flexibility index (Phi) is 5.50. The summed E-state index contributed by atoms with van der Waals surface area (Å²) in [7, 11) is -3.81. The third-order valence-corrected chi connectivity index (χ3v) is 14.0. The van der Waals surface area contributed by atoms with Crippen LogP contribution in [-0.4, -0.2) is 48.3 Å². The fourth-order valence-corrected chi connectivity index (χ4v) is 13.2. The lowest BCUT2D eigenvalue weighted by Gasteiger charge is -2.44. The molecule has 4 bridgehead atoms. The van der Waals surface area contributed by atoms with E-state index in [1.165, 1.54) is 22.9 Å². The fraction of sp³-hybridized carbons (Fsp3) is 0.294. The molecule has 3 heterocycles. The number of ether oxygens (including phenoxy) is 2. The predicted octanol–water partition coefficient (Wildman–Crippen LogP) is 4.74. The maximum atomic E-state index is 14.1. The van der Waals surface area contributed by atoms with Gasteiger partial charge in [-0.1, -0.05) is 84.9 Å². The zero-order chi connectivity index (χ0) is 29.0. The van der Waals surface area contributed by atoms with E-state index in [1.54, 1.807) is 6.07 Å². The van der Waals surface area contributed by atoms with E-state index in [9.17, 15) is 18.0 Å². The number of fused-ring (bicyclic) bond motifs is 3. The van der Waals surface area contributed by atoms with Gasteiger partial charge in [-0.3, -0.25) is 9.59 Å². The van der Waals surface area contributed by atoms with E-state index in [4.69, 9.17) is 9.47 Å². The van der Waals surface area contributed by atoms with E-state index in [1.807, 2.05) is 60.7 Å². The summed E-state index contributed by atoms with van der Waals surface area (Å²) in [6.07, 6.45) is -0.121. The van der Waals surface area contributed by atoms with Gasteiger partial charge in [0.25, 0.3) is 0 Å². The number of carbonyl (C=O) groups is 2. The molecule has 0 saturated carbocycles. The van der Waals surface area contributed by atoms with Gasteiger partial charge in [0.2, 0.25) is 10.0 Å². The van der Waals surface area contributed by atoms with Crippen molar-refractivity contribution < 1.29 is 27.5 Å². The molecular formula is C34H27NO6S2. The second-order valence-corrected chi connectivity index (χ2v) is 15.4. The summed E-state index contributed by atoms with van der Waals surface area (Å²) in [5.41, 5.74) is 4.82. The Morgan fingerprint density at radius 3 is 2.16 bits per heavy atom. The van der Waals surface area contributed by atoms with Gasteiger partial charge in [-0.05, 0) is 40.1 Å². The Bertz CT molecular complexity index is 1910. The zero-order valence-corrected chi connectivity index (χ0v) is 24.5. The molecule has 0 amide bonds. The van der Waals surface area contributed by atoms with Gasteiger partial charge < -0.3 is 9.47 Å². The van der Waals surface area contributed by atoms with Gasteiger partial charge >= 0.3 is 11.9 Å². The molecule has 9 heteroatoms. The first-order valence-electron chi connectivity index (χ1n) is 14.6. The summed E-state index contributed by atoms with van der Waals surface area (Å²) in [6, 6.07) is 29.1. The quantitative estimate of drug-likeness (QED) is 0.264. The number of thioether (sulfide) groups is 1. The molecule has 6 aliphatic rings. The normalized spacial score (nSPS) is 33.6. The molecule has 0 spiro atoms. The molecule has 10 rings (SSSR count). The molecule has 3 aliphatic carbocycles. The van der Waals surface area contributed by atoms with E-state index in [0.29, 0.717) is 12.2 Å². The van der Waals surface area contributed by atoms with E-state index in [0.717, 1.165) is 21.9 Å². The van der Waals surface area contributed by atoms with Crippen LogP contribution in [0.1, 0.15) is 40.5 Å². The van der Waals surface area contributed by atoms with Crippen molar-refractivity contribution in [2.24, 2.45) is 11.8 Å². The molecule has 43 heavy (non-hydrogen) atoms. The second-order valence-electron chi connectivity index (χ2n) is 12.2. The highest BCUT2D eigenvalue weighted by Crippen LogP contribution is 2.59. The highest BCUT2D eigenvalue weighted by molar-refractivity contribution is 8.03. The Balaban J connectivity index is 1.03. The fourth-order valence-electron chi connectivity index (χ4n) is 8.43. The Labute approximate surface area is 253 Å². The average molecular weight is 610 g/mol. The Morgan fingerprint density at radius 1 is 0.767 bits per heavy atom. The SMILES string of the molecule is O=C(OC1C2NS(=O)(=O)C3C2SC1C3C(=O)Oc1cccc2ccccc12)C1CC2c3ccccc3C1c1ccccc12. The van der Waals surface area contributed by atoms with Crippen LogP contribution in [0.5, 0.6) is 5.75 Å². The largest absolute Gasteiger partial charge is 0.459 e. The first-order chi connectivity index (χ1) is 20.9. The van der Waals surface area contributed by atoms with Gasteiger partial charge in [-0.15, -0.1) is 11.8 Å². The van der Waals surface area contributed by atoms with Crippen LogP contribution in [-0.2, 0) is 24.3 Å². The van der Waals surface area contributed by atoms with Crippen LogP contribution in [0.2, 0.25) is 0 Å². The molecule has 7 atom stereocenters. The molecule has 0 aromatic heterocycles. The molecule has 3 saturated heterocycles. The lowest BCUT2D eigenvalue weighted by Crippen LogP contribution is -2.52. The topological polar surface area (TPSA) is 98.8 Å². The molecule has 4 aromatic rings. The average Bonchev–Trinajstić information content (AvgIpc) is 3.64. The Hall–Kier alpha value is -3.66. The summed E-state index contributed by atoms with van der Waals surface area (Å²) in [5, 5.41) is -0.134. The van der Waals surface area contributed by atoms with Crippen molar-refractivity contribution in [1.82, 2.24) is 4.72 Å². The summed E-state index contributed by atoms with van der Waals surface area (Å²) in [5.74, 6) is -1.92. The van der Waals surface area contributed by atoms with Crippen LogP contribution >= 0.6 is 11.8 Å². The predicted molar refractivity (Wildman–Crippen MR) is 162 cm³/mol. The van der Waals surface area contributed by atoms with E-state index >= 15 is 0 Å². The molecule has 4 aromatic carbocycles. The third-order valence-electron chi connectivity index (χ3n) is 10.1. The molecule has 1 N–H and O–H groups in total. The van der Waals surface area contributed by atoms with Crippen molar-refractivity contribution in [1.29, 1.82) is 0 Å². The van der Waals surface area contributed by atoms with Gasteiger partial charge in [-0.2, -0.15) is 0 Å². The lowest BCUT2D eigenvalue weighted by molar-refractivity contribution is -0.159. The van der Waals surface area contributed by atoms with Crippen molar-refractivity contribution in [3.8, 4) is 5.75 Å². The summed E-state index contributed by atoms with van der Waals surface area (Å²) in [4.78, 5) is 27.8. The van der Waals surface area contributed by atoms with Crippen LogP contribution in [0.3, 0.4) is 0 Å². The number of hydrogen-bond donors (Lipinski definition) is 1. The van der Waals surface area contributed by atoms with Crippen LogP contribution in [0, 0.1) is 11.8 Å². The van der Waals surface area contributed by atoms with Crippen molar-refractivity contribution >= 4 is 44.5 Å². The van der Waals surface area contributed by atoms with Gasteiger partial charge in [0.15, 0.2) is 0 Å². The van der Waals surface area contributed by atoms with Crippen LogP contribution in [0.4, 0.5) is 0 Å². The van der Waals surface area contributed by atoms with Crippen LogP contribution in [0.25, 0.3) is 10.8 Å². The smallest absolute Gasteiger partial charge is 0.317 e. The number of sulfonamides is 1. The van der Waals surface area contributed by atoms with Crippen molar-refractivity contribution in [3.63, 3.8) is 0 Å². The minimum atomic E-state index is -3.81. The van der Waals surface area contributed by atoms with Gasteiger partial charge in [0, 0.05) is 22.5 Å². The zero-order valence-electron chi connectivity index (χ0n) is 22.8. The van der Waals surface area contributed by atoms with Crippen molar-refractivity contribution in [3.05, 3.63) is 113 Å². The standard InChI is InChI=1S/C34H27NO6S2/c36-33(24-16-23-19-11-3-5-13-21(19)26(24)22-14-6-4-12-20(22)23)41-29-28-31-32(43(38,39)35-28)27(30(29)42-31)34(37)40-25-15-7-9-17-8-1-2-10-18(17)25/h1-15,23-24,26-32,35H,16H2. The number of esters is 2. The van der Waals surface area contributed by atoms with Crippen LogP contribution in [0.15, 0.2) is 91.0 Å². The summed E-state index contributed by atoms with van der Waals surface area (Å²) < 4.78 is 41.6. The second kappa shape index (κ2) is 9.17. The molecule has 3 aliphatic heterocycles. The van der Waals surface area contributed by atoms with E-state index in [2.05, 4.69) is 29.0 Å². The monoisotopic (exact) mass is 609 g/mol. The third kappa shape index (κ3) is 3.62. The summed E-state index contributed by atoms with van der Waals surface area (Å²) >= 11 is 1.43. The summed E-state index contributed by atoms with van der Waals surface area (Å²) in [6.45, 7) is 0. The maximum Gasteiger partial charge on any atom is 0.317 e. The van der Waals surface area contributed by atoms with E-state index in [-0.39, 0.29) is 23.1 Å². The molecule has 7 nitrogen and oxygen atoms in total. The van der Waals surface area contributed by atoms with Crippen LogP contribution < -0.4 is 9.46 Å². The molecule has 216 valence electrons. The molecule has 7 unspecified atom stereocenters. The number of carbonyl (C=O) groups excluding carboxylic acids is 2. The first kappa shape index (κ1) is 25.8. The highest BCUT2D eigenvalue weighted by atomic mass is 32.2. The number of nitrogens with one attached hydrogen (secondary N) is 1. The lowest BCUT2D eigenvalue weighted by atomic mass is 9.59. The van der Waals surface area contributed by atoms with Crippen molar-refractivity contribution in [2.45, 2.75) is 46.2 Å². The van der Waals surface area contributed by atoms with Gasteiger partial charge in [0.1, 0.15) is 17.1 Å². The molecule has 3 fully saturated rings. The molecule has 0 radical (unpaired) electrons. The van der Waals surface area contributed by atoms with Gasteiger partial charge in [-0.25, -0.2) is 13.1 Å². The first-order valence-corrected chi connectivity index (χ1v) is 17.1. The maximum absolute atomic E-state index is 14.1. The number of hydrogen-bond acceptors (Lipinski definition) is 7. The van der Waals surface area contributed by atoms with Crippen molar-refractivity contribution in [2.75, 3.05) is 0 Å². The highest BCUT2D eigenvalue weighted by Gasteiger charge is 2.72. The minimum Gasteiger partial charge on any atom is -0.459 e. The molecular weight excluding hydrogens is 583 g/mol. The number of benzene rings is 4. The Morgan fingerprint density at radius 2 is 1.42 bits per heavy atom. The number of rotatable bonds is 4.